The van der Waals surface area contributed by atoms with Crippen molar-refractivity contribution in [2.45, 2.75) is 31.5 Å². The van der Waals surface area contributed by atoms with Crippen molar-refractivity contribution in [3.05, 3.63) is 93.9 Å². The number of aromatic nitrogens is 1. The van der Waals surface area contributed by atoms with E-state index >= 15 is 0 Å². The minimum Gasteiger partial charge on any atom is -0.481 e. The highest BCUT2D eigenvalue weighted by atomic mass is 19.4. The van der Waals surface area contributed by atoms with Crippen molar-refractivity contribution in [3.63, 3.8) is 0 Å². The van der Waals surface area contributed by atoms with Gasteiger partial charge in [-0.05, 0) is 60.2 Å². The molecule has 0 aliphatic carbocycles. The molecule has 0 spiro atoms. The molecule has 0 radical (unpaired) electrons. The van der Waals surface area contributed by atoms with Gasteiger partial charge in [-0.15, -0.1) is 0 Å². The average molecular weight is 573 g/mol. The molecular formula is C28H27F3N4O6. The molecule has 1 aromatic heterocycles. The van der Waals surface area contributed by atoms with Crippen molar-refractivity contribution in [2.24, 2.45) is 11.7 Å². The van der Waals surface area contributed by atoms with Gasteiger partial charge in [0.05, 0.1) is 5.92 Å². The number of hydrogen-bond donors (Lipinski definition) is 5. The van der Waals surface area contributed by atoms with Gasteiger partial charge in [0.2, 0.25) is 5.56 Å². The number of hydrogen-bond acceptors (Lipinski definition) is 5. The van der Waals surface area contributed by atoms with Gasteiger partial charge < -0.3 is 25.8 Å². The molecule has 2 aromatic carbocycles. The highest BCUT2D eigenvalue weighted by Gasteiger charge is 2.39. The fraction of sp³-hybridized carbons (Fsp3) is 0.250. The molecule has 2 heterocycles. The second kappa shape index (κ2) is 12.9. The number of halogens is 3. The zero-order valence-electron chi connectivity index (χ0n) is 21.5. The van der Waals surface area contributed by atoms with Gasteiger partial charge in [-0.1, -0.05) is 30.3 Å². The number of benzene rings is 2. The first-order chi connectivity index (χ1) is 19.3. The number of nitrogens with zero attached hydrogens (tertiary/aromatic N) is 1. The molecule has 1 fully saturated rings. The topological polar surface area (TPSA) is 178 Å². The number of likely N-dealkylation sites (tertiary alicyclic amines) is 1. The van der Waals surface area contributed by atoms with E-state index in [1.165, 1.54) is 6.07 Å². The number of carboxylic acids is 2. The Bertz CT molecular complexity index is 1470. The molecular weight excluding hydrogens is 545 g/mol. The smallest absolute Gasteiger partial charge is 0.481 e. The van der Waals surface area contributed by atoms with Crippen molar-refractivity contribution in [1.82, 2.24) is 9.88 Å². The van der Waals surface area contributed by atoms with Crippen LogP contribution < -0.4 is 11.3 Å². The number of carbonyl (C=O) groups is 3. The Balaban J connectivity index is 0.000000587. The van der Waals surface area contributed by atoms with Crippen LogP contribution in [0.3, 0.4) is 0 Å². The Kier molecular flexibility index (Phi) is 9.66. The lowest BCUT2D eigenvalue weighted by Crippen LogP contribution is -2.43. The number of carboxylic acid groups (broad SMARTS) is 2. The molecule has 0 saturated carbocycles. The normalized spacial score (nSPS) is 15.4. The van der Waals surface area contributed by atoms with E-state index in [2.05, 4.69) is 4.98 Å². The van der Waals surface area contributed by atoms with Crippen LogP contribution in [-0.4, -0.2) is 62.5 Å². The highest BCUT2D eigenvalue weighted by molar-refractivity contribution is 5.96. The third-order valence-electron chi connectivity index (χ3n) is 6.53. The standard InChI is InChI=1S/C26H26N4O4.C2HF3O2/c27-24(28)19-4-1-3-16(13-19)14-21(26(33)34)22-5-2-12-30(22)25(32)18-8-6-17(7-9-18)20-10-11-23(31)29-15-20;3-2(4,5)1(6)7/h1,3-4,6-11,13,15,21-22H,2,5,12,14H2,(H3,27,28)(H,29,31)(H,33,34);(H,6,7)/t21-,22?;/m1./s1. The van der Waals surface area contributed by atoms with Gasteiger partial charge in [0, 0.05) is 36.0 Å². The van der Waals surface area contributed by atoms with Crippen molar-refractivity contribution in [3.8, 4) is 11.1 Å². The molecule has 1 amide bonds. The van der Waals surface area contributed by atoms with Crippen LogP contribution >= 0.6 is 0 Å². The Labute approximate surface area is 231 Å². The SMILES string of the molecule is N=C(N)c1cccc(C[C@@H](C(=O)O)C2CCCN2C(=O)c2ccc(-c3ccc(=O)[nH]c3)cc2)c1.O=C(O)C(F)(F)F. The third kappa shape index (κ3) is 8.03. The summed E-state index contributed by atoms with van der Waals surface area (Å²) in [4.78, 5) is 50.0. The maximum Gasteiger partial charge on any atom is 0.490 e. The number of aliphatic carboxylic acids is 2. The second-order valence-electron chi connectivity index (χ2n) is 9.29. The summed E-state index contributed by atoms with van der Waals surface area (Å²) in [5, 5.41) is 24.7. The van der Waals surface area contributed by atoms with E-state index in [-0.39, 0.29) is 23.7 Å². The third-order valence-corrected chi connectivity index (χ3v) is 6.53. The van der Waals surface area contributed by atoms with Gasteiger partial charge in [0.25, 0.3) is 5.91 Å². The summed E-state index contributed by atoms with van der Waals surface area (Å²) in [6.45, 7) is 0.502. The van der Waals surface area contributed by atoms with E-state index in [0.717, 1.165) is 23.1 Å². The van der Waals surface area contributed by atoms with Crippen LogP contribution in [0.5, 0.6) is 0 Å². The maximum atomic E-state index is 13.3. The molecule has 216 valence electrons. The largest absolute Gasteiger partial charge is 0.490 e. The molecule has 0 bridgehead atoms. The Morgan fingerprint density at radius 3 is 2.20 bits per heavy atom. The van der Waals surface area contributed by atoms with Crippen LogP contribution in [-0.2, 0) is 16.0 Å². The number of carbonyl (C=O) groups excluding carboxylic acids is 1. The molecule has 10 nitrogen and oxygen atoms in total. The molecule has 1 unspecified atom stereocenters. The quantitative estimate of drug-likeness (QED) is 0.212. The number of nitrogen functional groups attached to an aromatic ring is 1. The summed E-state index contributed by atoms with van der Waals surface area (Å²) in [5.41, 5.74) is 8.88. The van der Waals surface area contributed by atoms with Crippen molar-refractivity contribution in [2.75, 3.05) is 6.54 Å². The molecule has 6 N–H and O–H groups in total. The van der Waals surface area contributed by atoms with Crippen molar-refractivity contribution in [1.29, 1.82) is 5.41 Å². The van der Waals surface area contributed by atoms with Crippen LogP contribution in [0.4, 0.5) is 13.2 Å². The first-order valence-electron chi connectivity index (χ1n) is 12.3. The summed E-state index contributed by atoms with van der Waals surface area (Å²) in [5.74, 6) is -4.75. The zero-order chi connectivity index (χ0) is 30.3. The van der Waals surface area contributed by atoms with Crippen LogP contribution in [0.1, 0.15) is 34.3 Å². The lowest BCUT2D eigenvalue weighted by atomic mass is 9.89. The molecule has 3 aromatic rings. The first-order valence-corrected chi connectivity index (χ1v) is 12.3. The number of nitrogens with one attached hydrogen (secondary N) is 2. The zero-order valence-corrected chi connectivity index (χ0v) is 21.5. The second-order valence-corrected chi connectivity index (χ2v) is 9.29. The van der Waals surface area contributed by atoms with Crippen LogP contribution in [0.2, 0.25) is 0 Å². The summed E-state index contributed by atoms with van der Waals surface area (Å²) in [6.07, 6.45) is -1.86. The number of nitrogens with two attached hydrogens (primary N) is 1. The van der Waals surface area contributed by atoms with E-state index < -0.39 is 30.1 Å². The number of aromatic amines is 1. The minimum atomic E-state index is -5.08. The van der Waals surface area contributed by atoms with Crippen LogP contribution in [0.15, 0.2) is 71.7 Å². The summed E-state index contributed by atoms with van der Waals surface area (Å²) in [6, 6.07) is 16.8. The van der Waals surface area contributed by atoms with E-state index in [9.17, 15) is 32.7 Å². The van der Waals surface area contributed by atoms with Crippen LogP contribution in [0.25, 0.3) is 11.1 Å². The molecule has 1 saturated heterocycles. The monoisotopic (exact) mass is 572 g/mol. The molecule has 1 aliphatic heterocycles. The fourth-order valence-electron chi connectivity index (χ4n) is 4.53. The average Bonchev–Trinajstić information content (AvgIpc) is 3.41. The number of amides is 1. The number of H-pyrrole nitrogens is 1. The first kappa shape index (κ1) is 30.6. The Morgan fingerprint density at radius 2 is 1.66 bits per heavy atom. The van der Waals surface area contributed by atoms with E-state index in [4.69, 9.17) is 21.0 Å². The predicted molar refractivity (Wildman–Crippen MR) is 143 cm³/mol. The van der Waals surface area contributed by atoms with Gasteiger partial charge in [-0.2, -0.15) is 13.2 Å². The number of alkyl halides is 3. The lowest BCUT2D eigenvalue weighted by molar-refractivity contribution is -0.192. The molecule has 41 heavy (non-hydrogen) atoms. The van der Waals surface area contributed by atoms with Gasteiger partial charge in [0.1, 0.15) is 5.84 Å². The van der Waals surface area contributed by atoms with E-state index in [1.54, 1.807) is 47.5 Å². The molecule has 13 heteroatoms. The Hall–Kier alpha value is -4.94. The lowest BCUT2D eigenvalue weighted by Gasteiger charge is -2.30. The van der Waals surface area contributed by atoms with Gasteiger partial charge in [0.15, 0.2) is 0 Å². The summed E-state index contributed by atoms with van der Waals surface area (Å²) < 4.78 is 31.7. The number of rotatable bonds is 7. The summed E-state index contributed by atoms with van der Waals surface area (Å²) >= 11 is 0. The molecule has 1 aliphatic rings. The van der Waals surface area contributed by atoms with Crippen molar-refractivity contribution < 1.29 is 37.8 Å². The van der Waals surface area contributed by atoms with E-state index in [0.29, 0.717) is 24.1 Å². The predicted octanol–water partition coefficient (Wildman–Crippen LogP) is 3.51. The van der Waals surface area contributed by atoms with E-state index in [1.807, 2.05) is 18.2 Å². The fourth-order valence-corrected chi connectivity index (χ4v) is 4.53. The van der Waals surface area contributed by atoms with Crippen molar-refractivity contribution >= 4 is 23.7 Å². The molecule has 2 atom stereocenters. The minimum absolute atomic E-state index is 0.0725. The summed E-state index contributed by atoms with van der Waals surface area (Å²) in [7, 11) is 0. The number of pyridine rings is 1. The number of amidine groups is 1. The highest BCUT2D eigenvalue weighted by Crippen LogP contribution is 2.29. The molecule has 4 rings (SSSR count). The van der Waals surface area contributed by atoms with Gasteiger partial charge in [-0.3, -0.25) is 19.8 Å². The van der Waals surface area contributed by atoms with Gasteiger partial charge in [-0.25, -0.2) is 4.79 Å². The maximum absolute atomic E-state index is 13.3. The van der Waals surface area contributed by atoms with Gasteiger partial charge >= 0.3 is 18.1 Å². The Morgan fingerprint density at radius 1 is 1.02 bits per heavy atom. The van der Waals surface area contributed by atoms with Crippen LogP contribution in [0, 0.1) is 11.3 Å².